The second-order valence-corrected chi connectivity index (χ2v) is 4.39. The lowest BCUT2D eigenvalue weighted by Gasteiger charge is -2.07. The van der Waals surface area contributed by atoms with Gasteiger partial charge in [0, 0.05) is 30.3 Å². The monoisotopic (exact) mass is 320 g/mol. The van der Waals surface area contributed by atoms with Gasteiger partial charge in [0.1, 0.15) is 6.29 Å². The fourth-order valence-corrected chi connectivity index (χ4v) is 1.51. The zero-order valence-electron chi connectivity index (χ0n) is 11.4. The molecule has 0 radical (unpaired) electrons. The lowest BCUT2D eigenvalue weighted by Crippen LogP contribution is -2.36. The van der Waals surface area contributed by atoms with E-state index in [4.69, 9.17) is 23.2 Å². The molecule has 0 aliphatic rings. The van der Waals surface area contributed by atoms with Crippen LogP contribution in [0.15, 0.2) is 18.2 Å². The molecule has 0 spiro atoms. The molecule has 0 aliphatic carbocycles. The van der Waals surface area contributed by atoms with Gasteiger partial charge >= 0.3 is 6.03 Å². The average Bonchev–Trinajstić information content (AvgIpc) is 2.44. The highest BCUT2D eigenvalue weighted by atomic mass is 35.5. The molecule has 5 nitrogen and oxygen atoms in total. The van der Waals surface area contributed by atoms with Crippen LogP contribution in [0.5, 0.6) is 0 Å². The average molecular weight is 321 g/mol. The number of rotatable bonds is 5. The summed E-state index contributed by atoms with van der Waals surface area (Å²) in [6, 6.07) is 4.60. The quantitative estimate of drug-likeness (QED) is 0.819. The molecule has 0 atom stereocenters. The summed E-state index contributed by atoms with van der Waals surface area (Å²) in [6.45, 7) is 3.04. The molecule has 2 N–H and O–H groups in total. The van der Waals surface area contributed by atoms with Crippen molar-refractivity contribution in [3.8, 4) is 0 Å². The third-order valence-electron chi connectivity index (χ3n) is 2.09. The molecule has 112 valence electrons. The van der Waals surface area contributed by atoms with Crippen molar-refractivity contribution < 1.29 is 14.3 Å². The Hall–Kier alpha value is -1.30. The summed E-state index contributed by atoms with van der Waals surface area (Å²) in [7, 11) is 1.68. The minimum Gasteiger partial charge on any atom is -0.385 e. The van der Waals surface area contributed by atoms with Crippen molar-refractivity contribution >= 4 is 35.5 Å². The van der Waals surface area contributed by atoms with E-state index in [2.05, 4.69) is 15.4 Å². The van der Waals surface area contributed by atoms with Crippen LogP contribution in [0.4, 0.5) is 4.79 Å². The minimum atomic E-state index is -0.418. The lowest BCUT2D eigenvalue weighted by atomic mass is 10.2. The Balaban J connectivity index is 0.000000796. The molecule has 20 heavy (non-hydrogen) atoms. The van der Waals surface area contributed by atoms with Crippen LogP contribution in [0, 0.1) is 0 Å². The van der Waals surface area contributed by atoms with Crippen LogP contribution >= 0.6 is 23.2 Å². The van der Waals surface area contributed by atoms with E-state index in [1.807, 2.05) is 6.92 Å². The summed E-state index contributed by atoms with van der Waals surface area (Å²) in [6.07, 6.45) is 0.606. The van der Waals surface area contributed by atoms with Gasteiger partial charge in [-0.05, 0) is 24.6 Å². The number of nitrogens with one attached hydrogen (secondary N) is 2. The Morgan fingerprint density at radius 3 is 2.50 bits per heavy atom. The van der Waals surface area contributed by atoms with Crippen LogP contribution in [0.2, 0.25) is 10.0 Å². The first-order valence-corrected chi connectivity index (χ1v) is 6.68. The zero-order valence-corrected chi connectivity index (χ0v) is 12.9. The van der Waals surface area contributed by atoms with Crippen LogP contribution in [-0.2, 0) is 16.1 Å². The molecule has 0 heterocycles. The third kappa shape index (κ3) is 8.74. The second-order valence-electron chi connectivity index (χ2n) is 3.54. The SMILES string of the molecule is CCOC.O=CCNC(=O)NCc1ccc(Cl)cc1Cl. The number of carbonyl (C=O) groups excluding carboxylic acids is 2. The second kappa shape index (κ2) is 11.5. The standard InChI is InChI=1S/C10H10Cl2N2O2.C3H8O/c11-8-2-1-7(9(12)5-8)6-14-10(16)13-3-4-15;1-3-4-2/h1-2,4-5H,3,6H2,(H2,13,14,16);3H2,1-2H3. The first-order valence-electron chi connectivity index (χ1n) is 5.93. The Kier molecular flexibility index (Phi) is 10.8. The highest BCUT2D eigenvalue weighted by Gasteiger charge is 2.03. The van der Waals surface area contributed by atoms with Crippen molar-refractivity contribution in [3.05, 3.63) is 33.8 Å². The summed E-state index contributed by atoms with van der Waals surface area (Å²) < 4.78 is 4.54. The number of amides is 2. The summed E-state index contributed by atoms with van der Waals surface area (Å²) in [5.74, 6) is 0. The molecule has 7 heteroatoms. The van der Waals surface area contributed by atoms with Gasteiger partial charge in [-0.3, -0.25) is 0 Å². The Labute approximate surface area is 128 Å². The molecule has 1 aromatic rings. The van der Waals surface area contributed by atoms with Crippen molar-refractivity contribution in [1.82, 2.24) is 10.6 Å². The molecule has 1 aromatic carbocycles. The highest BCUT2D eigenvalue weighted by molar-refractivity contribution is 6.35. The van der Waals surface area contributed by atoms with Crippen molar-refractivity contribution in [2.45, 2.75) is 13.5 Å². The minimum absolute atomic E-state index is 0.0137. The van der Waals surface area contributed by atoms with Gasteiger partial charge in [0.15, 0.2) is 0 Å². The number of halogens is 2. The van der Waals surface area contributed by atoms with Crippen LogP contribution in [0.1, 0.15) is 12.5 Å². The molecular weight excluding hydrogens is 303 g/mol. The number of ether oxygens (including phenoxy) is 1. The molecule has 0 bridgehead atoms. The van der Waals surface area contributed by atoms with Gasteiger partial charge in [0.25, 0.3) is 0 Å². The van der Waals surface area contributed by atoms with E-state index in [0.29, 0.717) is 16.3 Å². The van der Waals surface area contributed by atoms with Crippen LogP contribution in [-0.4, -0.2) is 32.6 Å². The van der Waals surface area contributed by atoms with Gasteiger partial charge in [-0.25, -0.2) is 4.79 Å². The lowest BCUT2D eigenvalue weighted by molar-refractivity contribution is -0.107. The highest BCUT2D eigenvalue weighted by Crippen LogP contribution is 2.20. The summed E-state index contributed by atoms with van der Waals surface area (Å²) in [5.41, 5.74) is 0.757. The summed E-state index contributed by atoms with van der Waals surface area (Å²) >= 11 is 11.6. The van der Waals surface area contributed by atoms with Crippen LogP contribution in [0.25, 0.3) is 0 Å². The van der Waals surface area contributed by atoms with E-state index in [-0.39, 0.29) is 13.1 Å². The Morgan fingerprint density at radius 1 is 1.35 bits per heavy atom. The molecular formula is C13H18Cl2N2O3. The summed E-state index contributed by atoms with van der Waals surface area (Å²) in [5, 5.41) is 5.93. The maximum absolute atomic E-state index is 11.1. The molecule has 0 saturated heterocycles. The molecule has 0 fully saturated rings. The number of carbonyl (C=O) groups is 2. The smallest absolute Gasteiger partial charge is 0.315 e. The molecule has 2 amide bonds. The number of urea groups is 1. The maximum atomic E-state index is 11.1. The van der Waals surface area contributed by atoms with Gasteiger partial charge in [-0.2, -0.15) is 0 Å². The van der Waals surface area contributed by atoms with Crippen LogP contribution in [0.3, 0.4) is 0 Å². The van der Waals surface area contributed by atoms with E-state index < -0.39 is 6.03 Å². The number of aldehydes is 1. The number of methoxy groups -OCH3 is 1. The first kappa shape index (κ1) is 18.7. The third-order valence-corrected chi connectivity index (χ3v) is 2.68. The van der Waals surface area contributed by atoms with E-state index in [1.165, 1.54) is 0 Å². The predicted octanol–water partition coefficient (Wildman–Crippen LogP) is 2.64. The van der Waals surface area contributed by atoms with E-state index in [0.717, 1.165) is 12.2 Å². The van der Waals surface area contributed by atoms with E-state index in [1.54, 1.807) is 25.3 Å². The number of hydrogen-bond acceptors (Lipinski definition) is 3. The predicted molar refractivity (Wildman–Crippen MR) is 80.3 cm³/mol. The topological polar surface area (TPSA) is 67.4 Å². The van der Waals surface area contributed by atoms with Crippen molar-refractivity contribution in [2.75, 3.05) is 20.3 Å². The zero-order chi connectivity index (χ0) is 15.4. The molecule has 1 rings (SSSR count). The van der Waals surface area contributed by atoms with Gasteiger partial charge in [-0.15, -0.1) is 0 Å². The normalized spacial score (nSPS) is 9.20. The van der Waals surface area contributed by atoms with Crippen LogP contribution < -0.4 is 10.6 Å². The molecule has 0 aromatic heterocycles. The number of hydrogen-bond donors (Lipinski definition) is 2. The van der Waals surface area contributed by atoms with Crippen molar-refractivity contribution in [2.24, 2.45) is 0 Å². The van der Waals surface area contributed by atoms with E-state index in [9.17, 15) is 9.59 Å². The van der Waals surface area contributed by atoms with Crippen molar-refractivity contribution in [3.63, 3.8) is 0 Å². The Morgan fingerprint density at radius 2 is 2.00 bits per heavy atom. The fraction of sp³-hybridized carbons (Fsp3) is 0.385. The molecule has 0 aliphatic heterocycles. The molecule has 0 saturated carbocycles. The summed E-state index contributed by atoms with van der Waals surface area (Å²) in [4.78, 5) is 21.1. The van der Waals surface area contributed by atoms with Gasteiger partial charge in [0.2, 0.25) is 0 Å². The largest absolute Gasteiger partial charge is 0.385 e. The van der Waals surface area contributed by atoms with Crippen molar-refractivity contribution in [1.29, 1.82) is 0 Å². The van der Waals surface area contributed by atoms with Gasteiger partial charge in [-0.1, -0.05) is 29.3 Å². The first-order chi connectivity index (χ1) is 9.54. The Bertz CT molecular complexity index is 426. The number of benzene rings is 1. The maximum Gasteiger partial charge on any atom is 0.315 e. The fourth-order valence-electron chi connectivity index (χ4n) is 1.04. The van der Waals surface area contributed by atoms with Gasteiger partial charge in [0.05, 0.1) is 6.54 Å². The van der Waals surface area contributed by atoms with Gasteiger partial charge < -0.3 is 20.2 Å². The molecule has 0 unspecified atom stereocenters. The van der Waals surface area contributed by atoms with E-state index >= 15 is 0 Å².